The first kappa shape index (κ1) is 46.8. The van der Waals surface area contributed by atoms with E-state index in [2.05, 4.69) is 109 Å². The van der Waals surface area contributed by atoms with Crippen molar-refractivity contribution in [1.29, 1.82) is 0 Å². The van der Waals surface area contributed by atoms with Crippen LogP contribution < -0.4 is 0 Å². The Morgan fingerprint density at radius 1 is 0.554 bits per heavy atom. The predicted octanol–water partition coefficient (Wildman–Crippen LogP) is 14.9. The van der Waals surface area contributed by atoms with E-state index in [-0.39, 0.29) is 67.2 Å². The first-order valence-electron chi connectivity index (χ1n) is 27.6. The lowest BCUT2D eigenvalue weighted by atomic mass is 9.33. The number of ketones is 1. The second-order valence-electron chi connectivity index (χ2n) is 28.8. The van der Waals surface area contributed by atoms with E-state index in [0.717, 1.165) is 109 Å². The van der Waals surface area contributed by atoms with Crippen LogP contribution in [0.25, 0.3) is 0 Å². The lowest BCUT2D eigenvalue weighted by Crippen LogP contribution is -2.66. The number of aliphatic carboxylic acids is 1. The zero-order valence-corrected chi connectivity index (χ0v) is 43.8. The Bertz CT molecular complexity index is 2090. The summed E-state index contributed by atoms with van der Waals surface area (Å²) in [7, 11) is 0. The van der Waals surface area contributed by atoms with Crippen LogP contribution in [0.5, 0.6) is 0 Å². The number of carbonyl (C=O) groups is 3. The van der Waals surface area contributed by atoms with Gasteiger partial charge in [-0.3, -0.25) is 14.4 Å². The van der Waals surface area contributed by atoms with Crippen LogP contribution in [0.1, 0.15) is 213 Å². The molecule has 0 aromatic rings. The molecule has 10 rings (SSSR count). The number of allylic oxidation sites excluding steroid dienone is 4. The maximum atomic E-state index is 15.7. The molecular formula is C60H92O5. The molecule has 0 unspecified atom stereocenters. The number of fused-ring (bicyclic) bond motifs is 14. The van der Waals surface area contributed by atoms with Gasteiger partial charge in [0.2, 0.25) is 0 Å². The third-order valence-corrected chi connectivity index (χ3v) is 26.7. The Kier molecular flexibility index (Phi) is 10.3. The third kappa shape index (κ3) is 5.60. The van der Waals surface area contributed by atoms with Gasteiger partial charge in [-0.05, 0) is 201 Å². The zero-order valence-electron chi connectivity index (χ0n) is 43.8. The van der Waals surface area contributed by atoms with Gasteiger partial charge in [-0.2, -0.15) is 0 Å². The maximum Gasteiger partial charge on any atom is 0.312 e. The highest BCUT2D eigenvalue weighted by Crippen LogP contribution is 2.78. The maximum absolute atomic E-state index is 15.7. The monoisotopic (exact) mass is 893 g/mol. The number of carbonyl (C=O) groups excluding carboxylic acids is 2. The fraction of sp³-hybridized carbons (Fsp3) is 0.883. The summed E-state index contributed by atoms with van der Waals surface area (Å²) in [5.41, 5.74) is 2.16. The van der Waals surface area contributed by atoms with Gasteiger partial charge < -0.3 is 9.84 Å². The van der Waals surface area contributed by atoms with Crippen LogP contribution in [0.3, 0.4) is 0 Å². The standard InChI is InChI=1S/C60H92O5/c1-35-19-29-59(49(62)63)33-31-55(11)39(47(59)37(35)3)15-17-44-54(10)26-24-46(52(7,8)42(54)22-28-58(44,55)14)65-50(64)60-30-20-36(2)38(4)48(60)40-16-18-43-53(9)25-23-45(61)51(5,6)41(53)21-27-57(43,13)56(40,12)32-34-60/h15-16,35-38,41-44,46-48H,17-34H2,1-14H3,(H,62,63)/t35-,36-,37+,38+,41+,42-,43-,44-,46+,47+,48+,53+,54+,55-,56-,57-,58-,59+,60+/m1/s1. The summed E-state index contributed by atoms with van der Waals surface area (Å²) in [6.07, 6.45) is 23.3. The molecule has 0 aromatic carbocycles. The van der Waals surface area contributed by atoms with E-state index in [4.69, 9.17) is 4.74 Å². The van der Waals surface area contributed by atoms with Crippen molar-refractivity contribution in [2.24, 2.45) is 113 Å². The molecule has 0 radical (unpaired) electrons. The number of carboxylic acid groups (broad SMARTS) is 1. The SMILES string of the molecule is C[C@H]1[C@H](C)CC[C@]2(C(=O)O)CC[C@]3(C)C(=CC[C@@H]4[C@@]5(C)CC[C@H](OC(=O)[C@]67CC[C@@H](C)[C@H](C)[C@H]6C6=CC[C@@H]8[C@@]9(C)CCC(=O)C(C)(C)[C@@H]9CC[C@@]8(C)[C@]6(C)CC7)C(C)(C)[C@H]5CC[C@]43C)[C@H]12. The van der Waals surface area contributed by atoms with Crippen molar-refractivity contribution < 1.29 is 24.2 Å². The summed E-state index contributed by atoms with van der Waals surface area (Å²) in [4.78, 5) is 42.3. The fourth-order valence-electron chi connectivity index (χ4n) is 21.9. The van der Waals surface area contributed by atoms with E-state index in [1.165, 1.54) is 12.0 Å². The van der Waals surface area contributed by atoms with E-state index in [1.807, 2.05) is 0 Å². The molecule has 0 amide bonds. The number of hydrogen-bond acceptors (Lipinski definition) is 4. The van der Waals surface area contributed by atoms with Crippen molar-refractivity contribution in [2.45, 2.75) is 219 Å². The smallest absolute Gasteiger partial charge is 0.312 e. The van der Waals surface area contributed by atoms with Gasteiger partial charge >= 0.3 is 11.9 Å². The molecular weight excluding hydrogens is 801 g/mol. The highest BCUT2D eigenvalue weighted by Gasteiger charge is 2.72. The number of rotatable bonds is 3. The average molecular weight is 893 g/mol. The third-order valence-electron chi connectivity index (χ3n) is 26.7. The fourth-order valence-corrected chi connectivity index (χ4v) is 21.9. The summed E-state index contributed by atoms with van der Waals surface area (Å²) in [5, 5.41) is 10.9. The first-order chi connectivity index (χ1) is 30.2. The number of Topliss-reactive ketones (excluding diaryl/α,β-unsaturated/α-hetero) is 1. The van der Waals surface area contributed by atoms with Crippen LogP contribution in [0.2, 0.25) is 0 Å². The normalized spacial score (nSPS) is 55.1. The minimum Gasteiger partial charge on any atom is -0.481 e. The van der Waals surface area contributed by atoms with Crippen LogP contribution in [-0.4, -0.2) is 28.9 Å². The van der Waals surface area contributed by atoms with Gasteiger partial charge in [0.15, 0.2) is 0 Å². The van der Waals surface area contributed by atoms with Gasteiger partial charge in [0.25, 0.3) is 0 Å². The quantitative estimate of drug-likeness (QED) is 0.225. The van der Waals surface area contributed by atoms with Gasteiger partial charge in [-0.15, -0.1) is 0 Å². The Labute approximate surface area is 395 Å². The molecule has 5 nitrogen and oxygen atoms in total. The van der Waals surface area contributed by atoms with Crippen LogP contribution in [0, 0.1) is 113 Å². The topological polar surface area (TPSA) is 80.7 Å². The van der Waals surface area contributed by atoms with Crippen LogP contribution in [0.15, 0.2) is 23.3 Å². The number of ether oxygens (including phenoxy) is 1. The molecule has 10 aliphatic rings. The molecule has 362 valence electrons. The van der Waals surface area contributed by atoms with Crippen molar-refractivity contribution in [2.75, 3.05) is 0 Å². The molecule has 0 heterocycles. The lowest BCUT2D eigenvalue weighted by molar-refractivity contribution is -0.224. The molecule has 19 atom stereocenters. The summed E-state index contributed by atoms with van der Waals surface area (Å²) < 4.78 is 7.26. The molecule has 0 bridgehead atoms. The molecule has 0 spiro atoms. The van der Waals surface area contributed by atoms with Crippen LogP contribution >= 0.6 is 0 Å². The van der Waals surface area contributed by atoms with Gasteiger partial charge in [-0.1, -0.05) is 120 Å². The minimum atomic E-state index is -0.615. The second kappa shape index (κ2) is 14.3. The van der Waals surface area contributed by atoms with Crippen molar-refractivity contribution in [1.82, 2.24) is 0 Å². The van der Waals surface area contributed by atoms with Crippen molar-refractivity contribution in [3.8, 4) is 0 Å². The number of hydrogen-bond donors (Lipinski definition) is 1. The molecule has 0 saturated heterocycles. The van der Waals surface area contributed by atoms with Gasteiger partial charge in [0, 0.05) is 17.3 Å². The van der Waals surface area contributed by atoms with Crippen LogP contribution in [0.4, 0.5) is 0 Å². The van der Waals surface area contributed by atoms with Crippen molar-refractivity contribution in [3.63, 3.8) is 0 Å². The Hall–Kier alpha value is -1.91. The molecule has 8 saturated carbocycles. The van der Waals surface area contributed by atoms with Gasteiger partial charge in [-0.25, -0.2) is 0 Å². The molecule has 10 aliphatic carbocycles. The number of esters is 1. The largest absolute Gasteiger partial charge is 0.481 e. The van der Waals surface area contributed by atoms with E-state index in [1.54, 1.807) is 5.57 Å². The molecule has 0 aromatic heterocycles. The molecule has 5 heteroatoms. The second-order valence-corrected chi connectivity index (χ2v) is 28.8. The summed E-state index contributed by atoms with van der Waals surface area (Å²) in [6, 6.07) is 0. The zero-order chi connectivity index (χ0) is 47.1. The Morgan fingerprint density at radius 3 is 1.57 bits per heavy atom. The van der Waals surface area contributed by atoms with Crippen molar-refractivity contribution >= 4 is 17.7 Å². The average Bonchev–Trinajstić information content (AvgIpc) is 3.23. The highest BCUT2D eigenvalue weighted by atomic mass is 16.5. The van der Waals surface area contributed by atoms with Crippen LogP contribution in [-0.2, 0) is 19.1 Å². The van der Waals surface area contributed by atoms with E-state index < -0.39 is 16.8 Å². The predicted molar refractivity (Wildman–Crippen MR) is 260 cm³/mol. The Balaban J connectivity index is 0.933. The van der Waals surface area contributed by atoms with Gasteiger partial charge in [0.05, 0.1) is 10.8 Å². The van der Waals surface area contributed by atoms with E-state index >= 15 is 4.79 Å². The first-order valence-corrected chi connectivity index (χ1v) is 27.6. The van der Waals surface area contributed by atoms with Gasteiger partial charge in [0.1, 0.15) is 11.9 Å². The molecule has 1 N–H and O–H groups in total. The Morgan fingerprint density at radius 2 is 1.03 bits per heavy atom. The molecule has 0 aliphatic heterocycles. The molecule has 8 fully saturated rings. The van der Waals surface area contributed by atoms with E-state index in [0.29, 0.717) is 53.1 Å². The lowest BCUT2D eigenvalue weighted by Gasteiger charge is -2.71. The summed E-state index contributed by atoms with van der Waals surface area (Å²) in [6.45, 7) is 34.7. The van der Waals surface area contributed by atoms with Crippen molar-refractivity contribution in [3.05, 3.63) is 23.3 Å². The molecule has 65 heavy (non-hydrogen) atoms. The number of carboxylic acids is 1. The van der Waals surface area contributed by atoms with E-state index in [9.17, 15) is 14.7 Å². The summed E-state index contributed by atoms with van der Waals surface area (Å²) in [5.74, 6) is 4.26. The summed E-state index contributed by atoms with van der Waals surface area (Å²) >= 11 is 0. The highest BCUT2D eigenvalue weighted by molar-refractivity contribution is 5.85. The minimum absolute atomic E-state index is 0.00126.